The molecule has 2 rings (SSSR count). The van der Waals surface area contributed by atoms with Crippen LogP contribution < -0.4 is 5.32 Å². The molecule has 1 aromatic heterocycles. The third-order valence-corrected chi connectivity index (χ3v) is 2.76. The summed E-state index contributed by atoms with van der Waals surface area (Å²) >= 11 is 0. The van der Waals surface area contributed by atoms with Crippen LogP contribution in [-0.4, -0.2) is 10.9 Å². The van der Waals surface area contributed by atoms with E-state index in [-0.39, 0.29) is 5.91 Å². The van der Waals surface area contributed by atoms with E-state index < -0.39 is 0 Å². The Balaban J connectivity index is 2.22. The third kappa shape index (κ3) is 2.74. The lowest BCUT2D eigenvalue weighted by molar-refractivity contribution is 0.102. The summed E-state index contributed by atoms with van der Waals surface area (Å²) in [6.07, 6.45) is 0. The summed E-state index contributed by atoms with van der Waals surface area (Å²) in [4.78, 5) is 16.4. The van der Waals surface area contributed by atoms with E-state index in [1.54, 1.807) is 6.07 Å². The molecule has 3 heteroatoms. The number of hydrogen-bond donors (Lipinski definition) is 1. The highest BCUT2D eigenvalue weighted by Crippen LogP contribution is 2.13. The molecule has 18 heavy (non-hydrogen) atoms. The number of nitrogens with zero attached hydrogens (tertiary/aromatic N) is 1. The second-order valence-electron chi connectivity index (χ2n) is 4.44. The van der Waals surface area contributed by atoms with Crippen molar-refractivity contribution in [3.63, 3.8) is 0 Å². The number of hydrogen-bond acceptors (Lipinski definition) is 2. The zero-order valence-corrected chi connectivity index (χ0v) is 10.8. The van der Waals surface area contributed by atoms with Crippen molar-refractivity contribution < 1.29 is 4.79 Å². The summed E-state index contributed by atoms with van der Waals surface area (Å²) in [7, 11) is 0. The summed E-state index contributed by atoms with van der Waals surface area (Å²) < 4.78 is 0. The van der Waals surface area contributed by atoms with Crippen molar-refractivity contribution >= 4 is 11.7 Å². The van der Waals surface area contributed by atoms with Crippen LogP contribution in [0.15, 0.2) is 36.4 Å². The number of pyridine rings is 1. The van der Waals surface area contributed by atoms with Gasteiger partial charge < -0.3 is 5.32 Å². The van der Waals surface area contributed by atoms with Crippen molar-refractivity contribution in [1.82, 2.24) is 4.98 Å². The standard InChI is InChI=1S/C15H16N2O/c1-10-7-8-13(11(2)9-10)15(18)17-14-6-4-5-12(3)16-14/h4-9H,1-3H3,(H,16,17,18). The fourth-order valence-electron chi connectivity index (χ4n) is 1.86. The van der Waals surface area contributed by atoms with Crippen LogP contribution in [-0.2, 0) is 0 Å². The maximum absolute atomic E-state index is 12.1. The molecule has 3 nitrogen and oxygen atoms in total. The molecule has 0 unspecified atom stereocenters. The summed E-state index contributed by atoms with van der Waals surface area (Å²) in [6, 6.07) is 11.3. The van der Waals surface area contributed by atoms with Gasteiger partial charge in [-0.05, 0) is 44.5 Å². The molecule has 0 atom stereocenters. The molecule has 0 aliphatic heterocycles. The van der Waals surface area contributed by atoms with E-state index in [0.717, 1.165) is 16.8 Å². The first-order chi connectivity index (χ1) is 8.56. The monoisotopic (exact) mass is 240 g/mol. The number of aryl methyl sites for hydroxylation is 3. The fourth-order valence-corrected chi connectivity index (χ4v) is 1.86. The van der Waals surface area contributed by atoms with Gasteiger partial charge >= 0.3 is 0 Å². The lowest BCUT2D eigenvalue weighted by Gasteiger charge is -2.08. The van der Waals surface area contributed by atoms with Gasteiger partial charge in [0.2, 0.25) is 0 Å². The largest absolute Gasteiger partial charge is 0.307 e. The van der Waals surface area contributed by atoms with Crippen molar-refractivity contribution in [1.29, 1.82) is 0 Å². The van der Waals surface area contributed by atoms with Crippen molar-refractivity contribution in [3.8, 4) is 0 Å². The van der Waals surface area contributed by atoms with Crippen molar-refractivity contribution in [2.75, 3.05) is 5.32 Å². The molecule has 0 bridgehead atoms. The molecule has 0 spiro atoms. The van der Waals surface area contributed by atoms with Crippen molar-refractivity contribution in [2.24, 2.45) is 0 Å². The maximum atomic E-state index is 12.1. The van der Waals surface area contributed by atoms with Crippen LogP contribution in [0.4, 0.5) is 5.82 Å². The first-order valence-electron chi connectivity index (χ1n) is 5.88. The first-order valence-corrected chi connectivity index (χ1v) is 5.88. The van der Waals surface area contributed by atoms with Gasteiger partial charge in [-0.15, -0.1) is 0 Å². The van der Waals surface area contributed by atoms with Gasteiger partial charge in [-0.25, -0.2) is 4.98 Å². The summed E-state index contributed by atoms with van der Waals surface area (Å²) in [6.45, 7) is 5.84. The molecular formula is C15H16N2O. The average molecular weight is 240 g/mol. The number of carbonyl (C=O) groups is 1. The summed E-state index contributed by atoms with van der Waals surface area (Å²) in [5, 5.41) is 2.81. The molecule has 1 aromatic carbocycles. The predicted octanol–water partition coefficient (Wildman–Crippen LogP) is 3.26. The Hall–Kier alpha value is -2.16. The normalized spacial score (nSPS) is 10.2. The highest BCUT2D eigenvalue weighted by atomic mass is 16.1. The minimum Gasteiger partial charge on any atom is -0.307 e. The Morgan fingerprint density at radius 3 is 2.56 bits per heavy atom. The SMILES string of the molecule is Cc1ccc(C(=O)Nc2cccc(C)n2)c(C)c1. The Morgan fingerprint density at radius 2 is 1.89 bits per heavy atom. The van der Waals surface area contributed by atoms with Crippen molar-refractivity contribution in [3.05, 3.63) is 58.8 Å². The van der Waals surface area contributed by atoms with E-state index in [1.807, 2.05) is 51.1 Å². The number of amides is 1. The Labute approximate surface area is 107 Å². The second kappa shape index (κ2) is 5.00. The van der Waals surface area contributed by atoms with Crippen LogP contribution in [0.2, 0.25) is 0 Å². The number of anilines is 1. The molecule has 0 aliphatic rings. The second-order valence-corrected chi connectivity index (χ2v) is 4.44. The topological polar surface area (TPSA) is 42.0 Å². The van der Waals surface area contributed by atoms with Crippen LogP contribution >= 0.6 is 0 Å². The minimum atomic E-state index is -0.120. The maximum Gasteiger partial charge on any atom is 0.257 e. The van der Waals surface area contributed by atoms with Gasteiger partial charge in [0.25, 0.3) is 5.91 Å². The minimum absolute atomic E-state index is 0.120. The van der Waals surface area contributed by atoms with E-state index in [0.29, 0.717) is 11.4 Å². The van der Waals surface area contributed by atoms with E-state index >= 15 is 0 Å². The van der Waals surface area contributed by atoms with Crippen LogP contribution in [0.3, 0.4) is 0 Å². The highest BCUT2D eigenvalue weighted by molar-refractivity contribution is 6.04. The molecule has 2 aromatic rings. The molecular weight excluding hydrogens is 224 g/mol. The van der Waals surface area contributed by atoms with E-state index in [2.05, 4.69) is 10.3 Å². The zero-order valence-electron chi connectivity index (χ0n) is 10.8. The Kier molecular flexibility index (Phi) is 3.42. The number of rotatable bonds is 2. The number of carbonyl (C=O) groups excluding carboxylic acids is 1. The molecule has 92 valence electrons. The molecule has 0 saturated carbocycles. The number of benzene rings is 1. The van der Waals surface area contributed by atoms with Gasteiger partial charge in [-0.1, -0.05) is 23.8 Å². The van der Waals surface area contributed by atoms with Gasteiger partial charge in [-0.3, -0.25) is 4.79 Å². The molecule has 1 amide bonds. The average Bonchev–Trinajstić information content (AvgIpc) is 2.28. The van der Waals surface area contributed by atoms with Gasteiger partial charge in [-0.2, -0.15) is 0 Å². The Bertz CT molecular complexity index is 591. The highest BCUT2D eigenvalue weighted by Gasteiger charge is 2.09. The van der Waals surface area contributed by atoms with Crippen LogP contribution in [0.5, 0.6) is 0 Å². The van der Waals surface area contributed by atoms with E-state index in [9.17, 15) is 4.79 Å². The number of aromatic nitrogens is 1. The summed E-state index contributed by atoms with van der Waals surface area (Å²) in [5.41, 5.74) is 3.69. The third-order valence-electron chi connectivity index (χ3n) is 2.76. The predicted molar refractivity (Wildman–Crippen MR) is 72.8 cm³/mol. The van der Waals surface area contributed by atoms with Gasteiger partial charge in [0.05, 0.1) is 0 Å². The first kappa shape index (κ1) is 12.3. The van der Waals surface area contributed by atoms with Gasteiger partial charge in [0.1, 0.15) is 5.82 Å². The molecule has 0 fully saturated rings. The lowest BCUT2D eigenvalue weighted by Crippen LogP contribution is -2.14. The molecule has 0 aliphatic carbocycles. The van der Waals surface area contributed by atoms with E-state index in [1.165, 1.54) is 0 Å². The van der Waals surface area contributed by atoms with Gasteiger partial charge in [0, 0.05) is 11.3 Å². The van der Waals surface area contributed by atoms with Crippen LogP contribution in [0.1, 0.15) is 27.2 Å². The molecule has 1 N–H and O–H groups in total. The lowest BCUT2D eigenvalue weighted by atomic mass is 10.1. The molecule has 0 saturated heterocycles. The Morgan fingerprint density at radius 1 is 1.11 bits per heavy atom. The van der Waals surface area contributed by atoms with Crippen LogP contribution in [0, 0.1) is 20.8 Å². The fraction of sp³-hybridized carbons (Fsp3) is 0.200. The smallest absolute Gasteiger partial charge is 0.257 e. The van der Waals surface area contributed by atoms with E-state index in [4.69, 9.17) is 0 Å². The molecule has 0 radical (unpaired) electrons. The number of nitrogens with one attached hydrogen (secondary N) is 1. The summed E-state index contributed by atoms with van der Waals surface area (Å²) in [5.74, 6) is 0.463. The van der Waals surface area contributed by atoms with Crippen LogP contribution in [0.25, 0.3) is 0 Å². The van der Waals surface area contributed by atoms with Gasteiger partial charge in [0.15, 0.2) is 0 Å². The van der Waals surface area contributed by atoms with Crippen molar-refractivity contribution in [2.45, 2.75) is 20.8 Å². The molecule has 1 heterocycles. The zero-order chi connectivity index (χ0) is 13.1. The quantitative estimate of drug-likeness (QED) is 0.875.